The van der Waals surface area contributed by atoms with Crippen LogP contribution in [0.25, 0.3) is 0 Å². The molecule has 0 aromatic carbocycles. The largest absolute Gasteiger partial charge is 0.452 e. The van der Waals surface area contributed by atoms with E-state index in [-0.39, 0.29) is 41.8 Å². The Morgan fingerprint density at radius 3 is 2.69 bits per heavy atom. The lowest BCUT2D eigenvalue weighted by molar-refractivity contribution is -0.169. The predicted octanol–water partition coefficient (Wildman–Crippen LogP) is 1.83. The summed E-state index contributed by atoms with van der Waals surface area (Å²) in [4.78, 5) is 35.3. The summed E-state index contributed by atoms with van der Waals surface area (Å²) in [6, 6.07) is 0. The molecule has 0 aromatic rings. The minimum Gasteiger partial charge on any atom is -0.452 e. The van der Waals surface area contributed by atoms with Gasteiger partial charge in [-0.1, -0.05) is 6.92 Å². The van der Waals surface area contributed by atoms with Crippen molar-refractivity contribution < 1.29 is 29.0 Å². The summed E-state index contributed by atoms with van der Waals surface area (Å²) in [7, 11) is 0. The molecule has 1 N–H and O–H groups in total. The van der Waals surface area contributed by atoms with Gasteiger partial charge in [0.25, 0.3) is 0 Å². The molecule has 2 aliphatic heterocycles. The molecule has 3 aliphatic rings. The monoisotopic (exact) mass is 364 g/mol. The van der Waals surface area contributed by atoms with E-state index < -0.39 is 23.4 Å². The molecular formula is C20H28O6. The number of aliphatic hydroxyl groups is 1. The number of ketones is 1. The van der Waals surface area contributed by atoms with Crippen molar-refractivity contribution in [1.29, 1.82) is 0 Å². The van der Waals surface area contributed by atoms with Crippen molar-refractivity contribution in [2.75, 3.05) is 0 Å². The summed E-state index contributed by atoms with van der Waals surface area (Å²) in [5.74, 6) is -0.996. The molecule has 3 rings (SSSR count). The maximum atomic E-state index is 12.6. The number of hydrogen-bond donors (Lipinski definition) is 1. The topological polar surface area (TPSA) is 89.9 Å². The fourth-order valence-corrected chi connectivity index (χ4v) is 5.38. The third-order valence-corrected chi connectivity index (χ3v) is 6.58. The number of rotatable bonds is 4. The highest BCUT2D eigenvalue weighted by Crippen LogP contribution is 2.57. The van der Waals surface area contributed by atoms with Crippen LogP contribution in [-0.2, 0) is 23.9 Å². The van der Waals surface area contributed by atoms with E-state index in [0.29, 0.717) is 19.1 Å². The van der Waals surface area contributed by atoms with Crippen LogP contribution in [0.3, 0.4) is 0 Å². The Balaban J connectivity index is 2.10. The summed E-state index contributed by atoms with van der Waals surface area (Å²) in [6.07, 6.45) is 4.07. The number of Topliss-reactive ketones (excluding diaryl/α,β-unsaturated/α-hetero) is 1. The average molecular weight is 364 g/mol. The number of carbonyl (C=O) groups is 3. The number of cyclic esters (lactones) is 1. The highest BCUT2D eigenvalue weighted by atomic mass is 16.6. The molecule has 0 aromatic heterocycles. The average Bonchev–Trinajstić information content (AvgIpc) is 2.90. The Kier molecular flexibility index (Phi) is 4.86. The van der Waals surface area contributed by atoms with E-state index in [2.05, 4.69) is 0 Å². The minimum atomic E-state index is -1.11. The lowest BCUT2D eigenvalue weighted by Crippen LogP contribution is -2.52. The van der Waals surface area contributed by atoms with Gasteiger partial charge in [-0.05, 0) is 51.7 Å². The van der Waals surface area contributed by atoms with Gasteiger partial charge in [-0.15, -0.1) is 0 Å². The zero-order valence-corrected chi connectivity index (χ0v) is 15.8. The van der Waals surface area contributed by atoms with Crippen LogP contribution in [0.4, 0.5) is 0 Å². The first kappa shape index (κ1) is 19.2. The van der Waals surface area contributed by atoms with E-state index in [1.54, 1.807) is 19.9 Å². The van der Waals surface area contributed by atoms with Crippen LogP contribution >= 0.6 is 0 Å². The molecule has 0 bridgehead atoms. The van der Waals surface area contributed by atoms with Gasteiger partial charge in [-0.25, -0.2) is 0 Å². The number of hydrogen-bond acceptors (Lipinski definition) is 6. The van der Waals surface area contributed by atoms with E-state index in [1.165, 1.54) is 13.0 Å². The summed E-state index contributed by atoms with van der Waals surface area (Å²) in [5.41, 5.74) is -2.08. The van der Waals surface area contributed by atoms with Crippen molar-refractivity contribution in [3.05, 3.63) is 12.2 Å². The van der Waals surface area contributed by atoms with Crippen molar-refractivity contribution >= 4 is 18.0 Å². The lowest BCUT2D eigenvalue weighted by Gasteiger charge is -2.46. The van der Waals surface area contributed by atoms with Crippen molar-refractivity contribution in [3.8, 4) is 0 Å². The molecule has 6 nitrogen and oxygen atoms in total. The second kappa shape index (κ2) is 6.57. The van der Waals surface area contributed by atoms with Crippen LogP contribution < -0.4 is 0 Å². The zero-order chi connectivity index (χ0) is 19.3. The standard InChI is InChI=1S/C20H28O6/c1-11(22)10-14-16-15-13(6-8-19(16,3)24)12(2)18(23)26-20(4,7-5-9-21)17(15)25-14/h5,7,9,12-17,24H,6,8,10H2,1-4H3. The molecule has 26 heavy (non-hydrogen) atoms. The molecule has 2 saturated heterocycles. The molecule has 0 spiro atoms. The van der Waals surface area contributed by atoms with Gasteiger partial charge in [0.2, 0.25) is 0 Å². The van der Waals surface area contributed by atoms with Gasteiger partial charge in [-0.3, -0.25) is 14.4 Å². The third kappa shape index (κ3) is 3.03. The van der Waals surface area contributed by atoms with Crippen molar-refractivity contribution in [3.63, 3.8) is 0 Å². The van der Waals surface area contributed by atoms with Crippen LogP contribution in [0.2, 0.25) is 0 Å². The Hall–Kier alpha value is -1.53. The molecule has 1 aliphatic carbocycles. The second-order valence-electron chi connectivity index (χ2n) is 8.55. The first-order valence-electron chi connectivity index (χ1n) is 9.34. The number of aldehydes is 1. The number of ether oxygens (including phenoxy) is 2. The van der Waals surface area contributed by atoms with Crippen molar-refractivity contribution in [2.24, 2.45) is 23.7 Å². The molecule has 6 heteroatoms. The Labute approximate surface area is 153 Å². The molecule has 8 atom stereocenters. The molecule has 0 amide bonds. The van der Waals surface area contributed by atoms with Gasteiger partial charge in [0.05, 0.1) is 17.6 Å². The van der Waals surface area contributed by atoms with Gasteiger partial charge >= 0.3 is 5.97 Å². The fraction of sp³-hybridized carbons (Fsp3) is 0.750. The van der Waals surface area contributed by atoms with Crippen LogP contribution in [0, 0.1) is 23.7 Å². The first-order chi connectivity index (χ1) is 12.1. The lowest BCUT2D eigenvalue weighted by atomic mass is 9.58. The molecule has 0 radical (unpaired) electrons. The van der Waals surface area contributed by atoms with Crippen molar-refractivity contribution in [1.82, 2.24) is 0 Å². The SMILES string of the molecule is CC(=O)CC1OC2C3C(CCC(C)(O)C13)C(C)C(=O)OC2(C)C=CC=O. The summed E-state index contributed by atoms with van der Waals surface area (Å²) in [6.45, 7) is 6.90. The highest BCUT2D eigenvalue weighted by molar-refractivity contribution is 5.76. The number of carbonyl (C=O) groups excluding carboxylic acids is 3. The second-order valence-corrected chi connectivity index (χ2v) is 8.55. The van der Waals surface area contributed by atoms with Gasteiger partial charge < -0.3 is 14.6 Å². The third-order valence-electron chi connectivity index (χ3n) is 6.58. The van der Waals surface area contributed by atoms with Crippen LogP contribution in [-0.4, -0.2) is 46.6 Å². The maximum Gasteiger partial charge on any atom is 0.309 e. The Morgan fingerprint density at radius 2 is 2.08 bits per heavy atom. The fourth-order valence-electron chi connectivity index (χ4n) is 5.38. The van der Waals surface area contributed by atoms with Crippen molar-refractivity contribution in [2.45, 2.75) is 70.4 Å². The van der Waals surface area contributed by atoms with Gasteiger partial charge in [-0.2, -0.15) is 0 Å². The smallest absolute Gasteiger partial charge is 0.309 e. The molecular weight excluding hydrogens is 336 g/mol. The van der Waals surface area contributed by atoms with E-state index in [0.717, 1.165) is 0 Å². The van der Waals surface area contributed by atoms with Crippen LogP contribution in [0.15, 0.2) is 12.2 Å². The highest BCUT2D eigenvalue weighted by Gasteiger charge is 2.64. The summed E-state index contributed by atoms with van der Waals surface area (Å²) < 4.78 is 12.1. The zero-order valence-electron chi connectivity index (χ0n) is 15.8. The molecule has 144 valence electrons. The van der Waals surface area contributed by atoms with Gasteiger partial charge in [0.1, 0.15) is 18.2 Å². The maximum absolute atomic E-state index is 12.6. The molecule has 8 unspecified atom stereocenters. The summed E-state index contributed by atoms with van der Waals surface area (Å²) >= 11 is 0. The van der Waals surface area contributed by atoms with Crippen LogP contribution in [0.1, 0.15) is 47.0 Å². The molecule has 1 saturated carbocycles. The van der Waals surface area contributed by atoms with E-state index in [1.807, 2.05) is 6.92 Å². The normalized spacial score (nSPS) is 48.0. The van der Waals surface area contributed by atoms with E-state index in [4.69, 9.17) is 9.47 Å². The Morgan fingerprint density at radius 1 is 1.38 bits per heavy atom. The number of allylic oxidation sites excluding steroid dienone is 1. The van der Waals surface area contributed by atoms with Gasteiger partial charge in [0.15, 0.2) is 5.60 Å². The predicted molar refractivity (Wildman–Crippen MR) is 93.2 cm³/mol. The van der Waals surface area contributed by atoms with Crippen LogP contribution in [0.5, 0.6) is 0 Å². The van der Waals surface area contributed by atoms with Gasteiger partial charge in [0, 0.05) is 18.3 Å². The minimum absolute atomic E-state index is 0.000405. The quantitative estimate of drug-likeness (QED) is 0.465. The molecule has 2 heterocycles. The van der Waals surface area contributed by atoms with E-state index >= 15 is 0 Å². The van der Waals surface area contributed by atoms with E-state index in [9.17, 15) is 19.5 Å². The Bertz CT molecular complexity index is 638. The molecule has 3 fully saturated rings. The first-order valence-corrected chi connectivity index (χ1v) is 9.34. The summed E-state index contributed by atoms with van der Waals surface area (Å²) in [5, 5.41) is 11.1. The number of esters is 1.